The van der Waals surface area contributed by atoms with Crippen LogP contribution in [0.4, 0.5) is 13.2 Å². The molecule has 7 heteroatoms. The minimum Gasteiger partial charge on any atom is -0.459 e. The molecular formula is C14H14F3NO2S. The van der Waals surface area contributed by atoms with E-state index in [1.165, 1.54) is 12.1 Å². The van der Waals surface area contributed by atoms with Crippen molar-refractivity contribution in [2.24, 2.45) is 0 Å². The molecule has 3 nitrogen and oxygen atoms in total. The van der Waals surface area contributed by atoms with Crippen LogP contribution in [0.1, 0.15) is 31.9 Å². The molecule has 1 aromatic rings. The first-order valence-corrected chi connectivity index (χ1v) is 6.97. The molecule has 1 rings (SSSR count). The zero-order valence-electron chi connectivity index (χ0n) is 11.7. The van der Waals surface area contributed by atoms with Gasteiger partial charge in [-0.1, -0.05) is 0 Å². The highest BCUT2D eigenvalue weighted by molar-refractivity contribution is 8.00. The van der Waals surface area contributed by atoms with E-state index in [2.05, 4.69) is 0 Å². The molecule has 0 saturated carbocycles. The highest BCUT2D eigenvalue weighted by Crippen LogP contribution is 2.34. The van der Waals surface area contributed by atoms with Crippen LogP contribution in [0, 0.1) is 11.3 Å². The summed E-state index contributed by atoms with van der Waals surface area (Å²) in [7, 11) is 0. The summed E-state index contributed by atoms with van der Waals surface area (Å²) < 4.78 is 43.4. The van der Waals surface area contributed by atoms with Gasteiger partial charge in [0.1, 0.15) is 5.60 Å². The molecule has 0 radical (unpaired) electrons. The van der Waals surface area contributed by atoms with Gasteiger partial charge in [0.25, 0.3) is 0 Å². The van der Waals surface area contributed by atoms with Gasteiger partial charge in [0.05, 0.1) is 22.9 Å². The quantitative estimate of drug-likeness (QED) is 0.624. The summed E-state index contributed by atoms with van der Waals surface area (Å²) in [5.41, 5.74) is -2.08. The maximum absolute atomic E-state index is 12.8. The minimum absolute atomic E-state index is 0.0968. The van der Waals surface area contributed by atoms with Crippen LogP contribution in [0.25, 0.3) is 0 Å². The number of ether oxygens (including phenoxy) is 1. The fourth-order valence-corrected chi connectivity index (χ4v) is 2.17. The Hall–Kier alpha value is -1.68. The summed E-state index contributed by atoms with van der Waals surface area (Å²) in [4.78, 5) is 11.8. The molecule has 0 aromatic heterocycles. The Bertz CT molecular complexity index is 571. The molecule has 0 amide bonds. The van der Waals surface area contributed by atoms with E-state index in [1.54, 1.807) is 20.8 Å². The lowest BCUT2D eigenvalue weighted by Gasteiger charge is -2.19. The Balaban J connectivity index is 2.83. The lowest BCUT2D eigenvalue weighted by molar-refractivity contribution is -0.151. The summed E-state index contributed by atoms with van der Waals surface area (Å²) in [6.07, 6.45) is -4.60. The van der Waals surface area contributed by atoms with Gasteiger partial charge in [-0.25, -0.2) is 0 Å². The Morgan fingerprint density at radius 2 is 1.95 bits per heavy atom. The number of esters is 1. The first kappa shape index (κ1) is 17.4. The normalized spacial score (nSPS) is 11.9. The summed E-state index contributed by atoms with van der Waals surface area (Å²) in [6, 6.07) is 4.85. The fraction of sp³-hybridized carbons (Fsp3) is 0.429. The van der Waals surface area contributed by atoms with Crippen LogP contribution in [0.5, 0.6) is 0 Å². The molecule has 0 spiro atoms. The van der Waals surface area contributed by atoms with Gasteiger partial charge in [0.2, 0.25) is 0 Å². The highest BCUT2D eigenvalue weighted by Gasteiger charge is 2.33. The number of nitriles is 1. The molecule has 0 saturated heterocycles. The smallest absolute Gasteiger partial charge is 0.417 e. The van der Waals surface area contributed by atoms with Crippen LogP contribution in [0.3, 0.4) is 0 Å². The molecular weight excluding hydrogens is 303 g/mol. The topological polar surface area (TPSA) is 50.1 Å². The second-order valence-electron chi connectivity index (χ2n) is 5.19. The SMILES string of the molecule is CC(C)(C)OC(=O)CSc1ccc(C#N)c(C(F)(F)F)c1. The maximum atomic E-state index is 12.8. The van der Waals surface area contributed by atoms with Gasteiger partial charge in [-0.15, -0.1) is 11.8 Å². The third-order valence-electron chi connectivity index (χ3n) is 2.19. The average molecular weight is 317 g/mol. The van der Waals surface area contributed by atoms with E-state index in [4.69, 9.17) is 10.00 Å². The number of halogens is 3. The van der Waals surface area contributed by atoms with Crippen molar-refractivity contribution in [1.29, 1.82) is 5.26 Å². The molecule has 0 bridgehead atoms. The number of benzene rings is 1. The van der Waals surface area contributed by atoms with Crippen LogP contribution in [-0.4, -0.2) is 17.3 Å². The Kier molecular flexibility index (Phi) is 5.29. The third kappa shape index (κ3) is 5.68. The van der Waals surface area contributed by atoms with Gasteiger partial charge in [-0.2, -0.15) is 18.4 Å². The number of carbonyl (C=O) groups excluding carboxylic acids is 1. The Morgan fingerprint density at radius 1 is 1.33 bits per heavy atom. The first-order chi connectivity index (χ1) is 9.53. The van der Waals surface area contributed by atoms with Crippen molar-refractivity contribution < 1.29 is 22.7 Å². The first-order valence-electron chi connectivity index (χ1n) is 5.99. The van der Waals surface area contributed by atoms with Crippen molar-refractivity contribution in [2.45, 2.75) is 37.4 Å². The van der Waals surface area contributed by atoms with Crippen LogP contribution in [0.15, 0.2) is 23.1 Å². The monoisotopic (exact) mass is 317 g/mol. The van der Waals surface area contributed by atoms with Crippen LogP contribution in [-0.2, 0) is 15.7 Å². The molecule has 0 unspecified atom stereocenters. The van der Waals surface area contributed by atoms with E-state index >= 15 is 0 Å². The number of nitrogens with zero attached hydrogens (tertiary/aromatic N) is 1. The molecule has 1 aromatic carbocycles. The van der Waals surface area contributed by atoms with E-state index in [0.717, 1.165) is 23.9 Å². The summed E-state index contributed by atoms with van der Waals surface area (Å²) in [5, 5.41) is 8.69. The van der Waals surface area contributed by atoms with Crippen molar-refractivity contribution >= 4 is 17.7 Å². The highest BCUT2D eigenvalue weighted by atomic mass is 32.2. The number of hydrogen-bond donors (Lipinski definition) is 0. The minimum atomic E-state index is -4.60. The van der Waals surface area contributed by atoms with E-state index < -0.39 is 28.9 Å². The molecule has 21 heavy (non-hydrogen) atoms. The molecule has 114 valence electrons. The fourth-order valence-electron chi connectivity index (χ4n) is 1.46. The average Bonchev–Trinajstić information content (AvgIpc) is 2.33. The van der Waals surface area contributed by atoms with Crippen LogP contribution < -0.4 is 0 Å². The largest absolute Gasteiger partial charge is 0.459 e. The second-order valence-corrected chi connectivity index (χ2v) is 6.24. The predicted molar refractivity (Wildman–Crippen MR) is 72.7 cm³/mol. The van der Waals surface area contributed by atoms with Gasteiger partial charge in [-0.05, 0) is 39.0 Å². The number of carbonyl (C=O) groups is 1. The Morgan fingerprint density at radius 3 is 2.43 bits per heavy atom. The summed E-state index contributed by atoms with van der Waals surface area (Å²) >= 11 is 0.935. The second kappa shape index (κ2) is 6.39. The number of rotatable bonds is 3. The summed E-state index contributed by atoms with van der Waals surface area (Å²) in [5.74, 6) is -0.606. The number of alkyl halides is 3. The van der Waals surface area contributed by atoms with Gasteiger partial charge in [0, 0.05) is 4.90 Å². The van der Waals surface area contributed by atoms with E-state index in [-0.39, 0.29) is 10.6 Å². The lowest BCUT2D eigenvalue weighted by atomic mass is 10.1. The molecule has 0 heterocycles. The van der Waals surface area contributed by atoms with Gasteiger partial charge in [0.15, 0.2) is 0 Å². The van der Waals surface area contributed by atoms with Crippen molar-refractivity contribution in [3.63, 3.8) is 0 Å². The molecule has 0 atom stereocenters. The lowest BCUT2D eigenvalue weighted by Crippen LogP contribution is -2.24. The standard InChI is InChI=1S/C14H14F3NO2S/c1-13(2,3)20-12(19)8-21-10-5-4-9(7-18)11(6-10)14(15,16)17/h4-6H,8H2,1-3H3. The van der Waals surface area contributed by atoms with Gasteiger partial charge >= 0.3 is 12.1 Å². The zero-order chi connectivity index (χ0) is 16.3. The molecule has 0 aliphatic heterocycles. The molecule has 0 N–H and O–H groups in total. The number of hydrogen-bond acceptors (Lipinski definition) is 4. The molecule has 0 aliphatic carbocycles. The number of thioether (sulfide) groups is 1. The van der Waals surface area contributed by atoms with Crippen molar-refractivity contribution in [1.82, 2.24) is 0 Å². The molecule has 0 fully saturated rings. The van der Waals surface area contributed by atoms with Crippen molar-refractivity contribution in [3.8, 4) is 6.07 Å². The van der Waals surface area contributed by atoms with Crippen LogP contribution in [0.2, 0.25) is 0 Å². The summed E-state index contributed by atoms with van der Waals surface area (Å²) in [6.45, 7) is 5.12. The molecule has 0 aliphatic rings. The van der Waals surface area contributed by atoms with E-state index in [0.29, 0.717) is 0 Å². The van der Waals surface area contributed by atoms with Crippen molar-refractivity contribution in [2.75, 3.05) is 5.75 Å². The maximum Gasteiger partial charge on any atom is 0.417 e. The Labute approximate surface area is 125 Å². The van der Waals surface area contributed by atoms with Gasteiger partial charge in [-0.3, -0.25) is 4.79 Å². The van der Waals surface area contributed by atoms with E-state index in [1.807, 2.05) is 0 Å². The van der Waals surface area contributed by atoms with Crippen LogP contribution >= 0.6 is 11.8 Å². The van der Waals surface area contributed by atoms with E-state index in [9.17, 15) is 18.0 Å². The van der Waals surface area contributed by atoms with Gasteiger partial charge < -0.3 is 4.74 Å². The zero-order valence-corrected chi connectivity index (χ0v) is 12.6. The van der Waals surface area contributed by atoms with Crippen molar-refractivity contribution in [3.05, 3.63) is 29.3 Å². The third-order valence-corrected chi connectivity index (χ3v) is 3.16. The predicted octanol–water partition coefficient (Wildman–Crippen LogP) is 4.01.